The van der Waals surface area contributed by atoms with Crippen molar-refractivity contribution in [3.63, 3.8) is 0 Å². The second-order valence-electron chi connectivity index (χ2n) is 10.1. The molecule has 0 amide bonds. The first-order valence-corrected chi connectivity index (χ1v) is 11.9. The molecule has 2 atom stereocenters. The van der Waals surface area contributed by atoms with Crippen molar-refractivity contribution in [1.29, 1.82) is 0 Å². The fourth-order valence-corrected chi connectivity index (χ4v) is 6.25. The zero-order valence-corrected chi connectivity index (χ0v) is 18.4. The maximum Gasteiger partial charge on any atom is 0.158 e. The largest absolute Gasteiger partial charge is 0.388 e. The van der Waals surface area contributed by atoms with Crippen LogP contribution in [0.1, 0.15) is 54.4 Å². The van der Waals surface area contributed by atoms with Crippen molar-refractivity contribution in [3.05, 3.63) is 83.2 Å². The number of aliphatic hydroxyl groups is 1. The highest BCUT2D eigenvalue weighted by molar-refractivity contribution is 5.90. The number of aliphatic hydroxyl groups excluding tert-OH is 1. The van der Waals surface area contributed by atoms with Crippen molar-refractivity contribution in [2.24, 2.45) is 0 Å². The molecule has 4 nitrogen and oxygen atoms in total. The minimum Gasteiger partial charge on any atom is -0.388 e. The Hall–Kier alpha value is -3.18. The monoisotopic (exact) mass is 439 g/mol. The highest BCUT2D eigenvalue weighted by atomic mass is 19.1. The van der Waals surface area contributed by atoms with Crippen LogP contribution in [0.2, 0.25) is 0 Å². The van der Waals surface area contributed by atoms with Gasteiger partial charge in [0.25, 0.3) is 0 Å². The van der Waals surface area contributed by atoms with Gasteiger partial charge in [-0.25, -0.2) is 4.39 Å². The Morgan fingerprint density at radius 1 is 1.03 bits per heavy atom. The molecule has 2 fully saturated rings. The molecule has 166 valence electrons. The molecule has 4 aromatic rings. The molecule has 33 heavy (non-hydrogen) atoms. The lowest BCUT2D eigenvalue weighted by molar-refractivity contribution is 0.158. The molecule has 0 bridgehead atoms. The molecule has 5 heteroatoms. The van der Waals surface area contributed by atoms with E-state index in [1.807, 2.05) is 0 Å². The first-order chi connectivity index (χ1) is 16.1. The van der Waals surface area contributed by atoms with Crippen LogP contribution in [0.15, 0.2) is 60.7 Å². The number of nitrogens with one attached hydrogen (secondary N) is 1. The number of hydrogen-bond acceptors (Lipinski definition) is 3. The van der Waals surface area contributed by atoms with Crippen LogP contribution in [0.3, 0.4) is 0 Å². The van der Waals surface area contributed by atoms with Gasteiger partial charge in [-0.05, 0) is 83.7 Å². The normalized spacial score (nSPS) is 24.2. The summed E-state index contributed by atoms with van der Waals surface area (Å²) in [4.78, 5) is 2.29. The van der Waals surface area contributed by atoms with Crippen LogP contribution in [0, 0.1) is 5.82 Å². The Labute approximate surface area is 192 Å². The van der Waals surface area contributed by atoms with Gasteiger partial charge < -0.3 is 10.0 Å². The Morgan fingerprint density at radius 3 is 2.79 bits per heavy atom. The second-order valence-corrected chi connectivity index (χ2v) is 10.1. The highest BCUT2D eigenvalue weighted by Crippen LogP contribution is 2.52. The topological polar surface area (TPSA) is 52.1 Å². The van der Waals surface area contributed by atoms with Crippen molar-refractivity contribution in [2.45, 2.75) is 43.1 Å². The highest BCUT2D eigenvalue weighted by Gasteiger charge is 2.48. The molecule has 1 aliphatic heterocycles. The van der Waals surface area contributed by atoms with E-state index in [2.05, 4.69) is 57.6 Å². The van der Waals surface area contributed by atoms with Crippen LogP contribution in [0.25, 0.3) is 22.0 Å². The molecule has 1 aromatic heterocycles. The van der Waals surface area contributed by atoms with Gasteiger partial charge in [0.05, 0.1) is 11.6 Å². The van der Waals surface area contributed by atoms with Crippen LogP contribution in [0.5, 0.6) is 0 Å². The maximum absolute atomic E-state index is 13.6. The van der Waals surface area contributed by atoms with Crippen LogP contribution in [-0.2, 0) is 5.41 Å². The summed E-state index contributed by atoms with van der Waals surface area (Å²) in [6.07, 6.45) is 3.82. The summed E-state index contributed by atoms with van der Waals surface area (Å²) in [7, 11) is 0. The van der Waals surface area contributed by atoms with E-state index >= 15 is 0 Å². The molecular formula is C28H26FN3O. The van der Waals surface area contributed by atoms with Crippen molar-refractivity contribution in [3.8, 4) is 11.1 Å². The van der Waals surface area contributed by atoms with Gasteiger partial charge in [0.1, 0.15) is 5.82 Å². The number of hydrogen-bond donors (Lipinski definition) is 2. The average molecular weight is 440 g/mol. The average Bonchev–Trinajstić information content (AvgIpc) is 3.38. The molecule has 2 heterocycles. The van der Waals surface area contributed by atoms with Crippen LogP contribution in [0.4, 0.5) is 10.2 Å². The van der Waals surface area contributed by atoms with Crippen LogP contribution < -0.4 is 4.90 Å². The van der Waals surface area contributed by atoms with Crippen LogP contribution >= 0.6 is 0 Å². The molecule has 1 saturated heterocycles. The summed E-state index contributed by atoms with van der Waals surface area (Å²) in [5.74, 6) is 1.30. The van der Waals surface area contributed by atoms with Gasteiger partial charge >= 0.3 is 0 Å². The first kappa shape index (κ1) is 19.3. The minimum absolute atomic E-state index is 0.0748. The Balaban J connectivity index is 1.24. The third-order valence-electron chi connectivity index (χ3n) is 8.01. The van der Waals surface area contributed by atoms with E-state index < -0.39 is 6.10 Å². The predicted octanol–water partition coefficient (Wildman–Crippen LogP) is 5.83. The number of halogens is 1. The summed E-state index contributed by atoms with van der Waals surface area (Å²) in [6, 6.07) is 20.2. The summed E-state index contributed by atoms with van der Waals surface area (Å²) < 4.78 is 13.6. The van der Waals surface area contributed by atoms with Gasteiger partial charge in [-0.3, -0.25) is 5.10 Å². The van der Waals surface area contributed by atoms with E-state index in [9.17, 15) is 9.50 Å². The quantitative estimate of drug-likeness (QED) is 0.422. The molecule has 1 saturated carbocycles. The van der Waals surface area contributed by atoms with Gasteiger partial charge in [0, 0.05) is 23.9 Å². The zero-order chi connectivity index (χ0) is 22.2. The Kier molecular flexibility index (Phi) is 4.04. The molecular weight excluding hydrogens is 413 g/mol. The second kappa shape index (κ2) is 6.91. The molecule has 0 radical (unpaired) electrons. The summed E-state index contributed by atoms with van der Waals surface area (Å²) in [6.45, 7) is 1.68. The smallest absolute Gasteiger partial charge is 0.158 e. The molecule has 3 aliphatic rings. The number of aromatic nitrogens is 2. The van der Waals surface area contributed by atoms with Gasteiger partial charge in [0.2, 0.25) is 0 Å². The van der Waals surface area contributed by atoms with E-state index in [-0.39, 0.29) is 11.2 Å². The number of fused-ring (bicyclic) bond motifs is 3. The van der Waals surface area contributed by atoms with E-state index in [4.69, 9.17) is 0 Å². The van der Waals surface area contributed by atoms with E-state index in [0.717, 1.165) is 48.2 Å². The van der Waals surface area contributed by atoms with Crippen molar-refractivity contribution < 1.29 is 9.50 Å². The standard InChI is InChI=1S/C28H26FN3O/c29-19-8-9-22-25(14-19)30-31-27(22)32-12-11-28(16-32)15-26(33)23-13-18(7-10-24(23)28)21-4-2-1-3-20(21)17-5-6-17/h1-4,7-10,13-14,17,26,33H,5-6,11-12,15-16H2,(H,30,31). The maximum atomic E-state index is 13.6. The summed E-state index contributed by atoms with van der Waals surface area (Å²) in [5, 5.41) is 19.5. The lowest BCUT2D eigenvalue weighted by atomic mass is 9.80. The minimum atomic E-state index is -0.446. The first-order valence-electron chi connectivity index (χ1n) is 11.9. The molecule has 2 N–H and O–H groups in total. The molecule has 1 spiro atoms. The fraction of sp³-hybridized carbons (Fsp3) is 0.321. The Bertz CT molecular complexity index is 1390. The molecule has 2 aliphatic carbocycles. The van der Waals surface area contributed by atoms with E-state index in [1.54, 1.807) is 6.07 Å². The SMILES string of the molecule is OC1CC2(CCN(c3n[nH]c4cc(F)ccc34)C2)c2ccc(-c3ccccc3C3CC3)cc21. The summed E-state index contributed by atoms with van der Waals surface area (Å²) >= 11 is 0. The number of benzene rings is 3. The van der Waals surface area contributed by atoms with Gasteiger partial charge in [-0.1, -0.05) is 36.4 Å². The van der Waals surface area contributed by atoms with Crippen molar-refractivity contribution in [2.75, 3.05) is 18.0 Å². The number of rotatable bonds is 3. The molecule has 7 rings (SSSR count). The van der Waals surface area contributed by atoms with E-state index in [1.165, 1.54) is 47.2 Å². The lowest BCUT2D eigenvalue weighted by Gasteiger charge is -2.25. The number of nitrogens with zero attached hydrogens (tertiary/aromatic N) is 2. The number of H-pyrrole nitrogens is 1. The van der Waals surface area contributed by atoms with Gasteiger partial charge in [0.15, 0.2) is 5.82 Å². The predicted molar refractivity (Wildman–Crippen MR) is 128 cm³/mol. The third-order valence-corrected chi connectivity index (χ3v) is 8.01. The number of anilines is 1. The van der Waals surface area contributed by atoms with E-state index in [0.29, 0.717) is 5.92 Å². The fourth-order valence-electron chi connectivity index (χ4n) is 6.25. The molecule has 2 unspecified atom stereocenters. The van der Waals surface area contributed by atoms with Gasteiger partial charge in [-0.2, -0.15) is 5.10 Å². The van der Waals surface area contributed by atoms with Crippen molar-refractivity contribution >= 4 is 16.7 Å². The Morgan fingerprint density at radius 2 is 1.91 bits per heavy atom. The van der Waals surface area contributed by atoms with Crippen molar-refractivity contribution in [1.82, 2.24) is 10.2 Å². The lowest BCUT2D eigenvalue weighted by Crippen LogP contribution is -2.29. The number of aromatic amines is 1. The van der Waals surface area contributed by atoms with Gasteiger partial charge in [-0.15, -0.1) is 0 Å². The zero-order valence-electron chi connectivity index (χ0n) is 18.4. The molecule has 3 aromatic carbocycles. The summed E-state index contributed by atoms with van der Waals surface area (Å²) in [5.41, 5.74) is 6.95. The van der Waals surface area contributed by atoms with Crippen LogP contribution in [-0.4, -0.2) is 28.4 Å². The third kappa shape index (κ3) is 2.95.